The molecule has 3 aromatic rings. The van der Waals surface area contributed by atoms with Crippen molar-refractivity contribution in [2.24, 2.45) is 0 Å². The molecule has 3 rings (SSSR count). The van der Waals surface area contributed by atoms with Crippen LogP contribution in [0.3, 0.4) is 0 Å². The maximum absolute atomic E-state index is 15.1. The minimum atomic E-state index is -0.452. The molecule has 5 nitrogen and oxygen atoms in total. The highest BCUT2D eigenvalue weighted by atomic mass is 19.1. The molecule has 0 N–H and O–H groups in total. The van der Waals surface area contributed by atoms with Crippen LogP contribution in [0.15, 0.2) is 24.5 Å². The van der Waals surface area contributed by atoms with Crippen LogP contribution in [0.25, 0.3) is 22.2 Å². The molecule has 0 bridgehead atoms. The van der Waals surface area contributed by atoms with Crippen molar-refractivity contribution >= 4 is 10.9 Å². The molecular formula is C19H20FN3O2. The molecule has 0 saturated carbocycles. The third kappa shape index (κ3) is 2.99. The van der Waals surface area contributed by atoms with Crippen molar-refractivity contribution in [1.82, 2.24) is 15.0 Å². The lowest BCUT2D eigenvalue weighted by Crippen LogP contribution is -2.04. The van der Waals surface area contributed by atoms with E-state index in [-0.39, 0.29) is 11.7 Å². The van der Waals surface area contributed by atoms with Gasteiger partial charge in [-0.15, -0.1) is 0 Å². The molecule has 0 atom stereocenters. The summed E-state index contributed by atoms with van der Waals surface area (Å²) >= 11 is 0. The Balaban J connectivity index is 2.33. The smallest absolute Gasteiger partial charge is 0.174 e. The van der Waals surface area contributed by atoms with Crippen molar-refractivity contribution in [3.63, 3.8) is 0 Å². The van der Waals surface area contributed by atoms with Crippen LogP contribution in [0.2, 0.25) is 0 Å². The van der Waals surface area contributed by atoms with E-state index in [9.17, 15) is 0 Å². The highest BCUT2D eigenvalue weighted by Gasteiger charge is 2.24. The maximum Gasteiger partial charge on any atom is 0.174 e. The quantitative estimate of drug-likeness (QED) is 0.709. The predicted molar refractivity (Wildman–Crippen MR) is 94.7 cm³/mol. The van der Waals surface area contributed by atoms with Crippen LogP contribution < -0.4 is 9.47 Å². The lowest BCUT2D eigenvalue weighted by atomic mass is 9.92. The Morgan fingerprint density at radius 2 is 1.72 bits per heavy atom. The molecule has 1 aromatic carbocycles. The van der Waals surface area contributed by atoms with E-state index in [1.54, 1.807) is 31.6 Å². The minimum Gasteiger partial charge on any atom is -0.496 e. The first-order valence-corrected chi connectivity index (χ1v) is 8.00. The van der Waals surface area contributed by atoms with Crippen LogP contribution >= 0.6 is 0 Å². The lowest BCUT2D eigenvalue weighted by molar-refractivity contribution is 0.371. The molecule has 0 amide bonds. The largest absolute Gasteiger partial charge is 0.496 e. The summed E-state index contributed by atoms with van der Waals surface area (Å²) < 4.78 is 25.8. The number of ether oxygens (including phenoxy) is 2. The number of fused-ring (bicyclic) bond motifs is 1. The number of methoxy groups -OCH3 is 2. The molecule has 6 heteroatoms. The van der Waals surface area contributed by atoms with Gasteiger partial charge in [0.1, 0.15) is 11.6 Å². The number of nitrogens with zero attached hydrogens (tertiary/aromatic N) is 3. The molecule has 0 aliphatic carbocycles. The normalized spacial score (nSPS) is 11.2. The van der Waals surface area contributed by atoms with Gasteiger partial charge in [0.25, 0.3) is 0 Å². The lowest BCUT2D eigenvalue weighted by Gasteiger charge is -2.19. The van der Waals surface area contributed by atoms with Crippen LogP contribution in [0.4, 0.5) is 4.39 Å². The van der Waals surface area contributed by atoms with Crippen molar-refractivity contribution in [1.29, 1.82) is 0 Å². The zero-order valence-electron chi connectivity index (χ0n) is 14.9. The van der Waals surface area contributed by atoms with Crippen LogP contribution in [0.1, 0.15) is 31.2 Å². The molecule has 2 aromatic heterocycles. The number of aryl methyl sites for hydroxylation is 1. The fourth-order valence-electron chi connectivity index (χ4n) is 2.93. The Morgan fingerprint density at radius 1 is 1.00 bits per heavy atom. The monoisotopic (exact) mass is 341 g/mol. The van der Waals surface area contributed by atoms with Crippen molar-refractivity contribution < 1.29 is 13.9 Å². The van der Waals surface area contributed by atoms with Crippen LogP contribution in [-0.4, -0.2) is 29.2 Å². The molecule has 0 spiro atoms. The Morgan fingerprint density at radius 3 is 2.36 bits per heavy atom. The first-order valence-electron chi connectivity index (χ1n) is 8.00. The van der Waals surface area contributed by atoms with E-state index in [1.165, 1.54) is 7.11 Å². The topological polar surface area (TPSA) is 57.1 Å². The summed E-state index contributed by atoms with van der Waals surface area (Å²) in [5, 5.41) is 0.798. The van der Waals surface area contributed by atoms with Gasteiger partial charge in [0, 0.05) is 28.8 Å². The zero-order valence-corrected chi connectivity index (χ0v) is 14.9. The molecular weight excluding hydrogens is 321 g/mol. The van der Waals surface area contributed by atoms with Gasteiger partial charge < -0.3 is 9.47 Å². The zero-order chi connectivity index (χ0) is 18.1. The average molecular weight is 341 g/mol. The molecule has 130 valence electrons. The first-order chi connectivity index (χ1) is 12.0. The molecule has 2 heterocycles. The third-order valence-electron chi connectivity index (χ3n) is 4.09. The number of hydrogen-bond donors (Lipinski definition) is 0. The van der Waals surface area contributed by atoms with E-state index >= 15 is 4.39 Å². The fraction of sp³-hybridized carbons (Fsp3) is 0.316. The second kappa shape index (κ2) is 6.63. The Kier molecular flexibility index (Phi) is 4.53. The minimum absolute atomic E-state index is 0.0390. The molecule has 0 saturated heterocycles. The van der Waals surface area contributed by atoms with Gasteiger partial charge in [-0.3, -0.25) is 4.98 Å². The van der Waals surface area contributed by atoms with E-state index in [2.05, 4.69) is 15.0 Å². The van der Waals surface area contributed by atoms with Crippen LogP contribution in [-0.2, 0) is 0 Å². The number of rotatable bonds is 4. The molecule has 25 heavy (non-hydrogen) atoms. The van der Waals surface area contributed by atoms with Crippen molar-refractivity contribution in [2.75, 3.05) is 14.2 Å². The van der Waals surface area contributed by atoms with Gasteiger partial charge in [-0.1, -0.05) is 13.8 Å². The van der Waals surface area contributed by atoms with Crippen molar-refractivity contribution in [3.8, 4) is 22.8 Å². The van der Waals surface area contributed by atoms with E-state index in [0.29, 0.717) is 22.8 Å². The van der Waals surface area contributed by atoms with E-state index in [1.807, 2.05) is 20.8 Å². The number of pyridine rings is 1. The van der Waals surface area contributed by atoms with Gasteiger partial charge in [-0.2, -0.15) is 0 Å². The summed E-state index contributed by atoms with van der Waals surface area (Å²) in [7, 11) is 2.99. The average Bonchev–Trinajstić information content (AvgIpc) is 2.60. The van der Waals surface area contributed by atoms with Gasteiger partial charge in [0.2, 0.25) is 0 Å². The molecule has 0 aliphatic heterocycles. The van der Waals surface area contributed by atoms with Gasteiger partial charge >= 0.3 is 0 Å². The fourth-order valence-corrected chi connectivity index (χ4v) is 2.93. The summed E-state index contributed by atoms with van der Waals surface area (Å²) in [4.78, 5) is 13.0. The highest BCUT2D eigenvalue weighted by molar-refractivity contribution is 5.83. The summed E-state index contributed by atoms with van der Waals surface area (Å²) in [5.41, 5.74) is 2.35. The Bertz CT molecular complexity index is 942. The van der Waals surface area contributed by atoms with Crippen molar-refractivity contribution in [2.45, 2.75) is 26.7 Å². The summed E-state index contributed by atoms with van der Waals surface area (Å²) in [6.07, 6.45) is 3.35. The highest BCUT2D eigenvalue weighted by Crippen LogP contribution is 2.42. The van der Waals surface area contributed by atoms with Gasteiger partial charge in [-0.25, -0.2) is 14.4 Å². The standard InChI is InChI=1S/C19H20FN3O2/c1-10(2)17-15(24-4)7-16(25-5)19(20)18(17)13-6-12-8-21-11(3)23-14(12)9-22-13/h6-10H,1-5H3. The molecule has 0 unspecified atom stereocenters. The SMILES string of the molecule is COc1cc(OC)c(C(C)C)c(-c2cc3cnc(C)nc3cn2)c1F. The number of halogens is 1. The van der Waals surface area contributed by atoms with E-state index in [4.69, 9.17) is 9.47 Å². The summed E-state index contributed by atoms with van der Waals surface area (Å²) in [6, 6.07) is 3.36. The number of aromatic nitrogens is 3. The molecule has 0 radical (unpaired) electrons. The second-order valence-corrected chi connectivity index (χ2v) is 6.08. The first kappa shape index (κ1) is 17.1. The molecule has 0 aliphatic rings. The Labute approximate surface area is 145 Å². The summed E-state index contributed by atoms with van der Waals surface area (Å²) in [6.45, 7) is 5.79. The predicted octanol–water partition coefficient (Wildman–Crippen LogP) is 4.28. The Hall–Kier alpha value is -2.76. The van der Waals surface area contributed by atoms with E-state index < -0.39 is 5.82 Å². The van der Waals surface area contributed by atoms with Crippen molar-refractivity contribution in [3.05, 3.63) is 41.7 Å². The van der Waals surface area contributed by atoms with E-state index in [0.717, 1.165) is 16.5 Å². The van der Waals surface area contributed by atoms with Crippen LogP contribution in [0, 0.1) is 12.7 Å². The third-order valence-corrected chi connectivity index (χ3v) is 4.09. The molecule has 0 fully saturated rings. The van der Waals surface area contributed by atoms with Crippen LogP contribution in [0.5, 0.6) is 11.5 Å². The van der Waals surface area contributed by atoms with Gasteiger partial charge in [-0.05, 0) is 18.9 Å². The van der Waals surface area contributed by atoms with Gasteiger partial charge in [0.15, 0.2) is 11.6 Å². The van der Waals surface area contributed by atoms with Gasteiger partial charge in [0.05, 0.1) is 31.6 Å². The maximum atomic E-state index is 15.1. The second-order valence-electron chi connectivity index (χ2n) is 6.08. The summed E-state index contributed by atoms with van der Waals surface area (Å²) in [5.74, 6) is 0.951. The number of hydrogen-bond acceptors (Lipinski definition) is 5. The number of benzene rings is 1.